The number of hydrogen-bond donors (Lipinski definition) is 0. The average molecular weight is 518 g/mol. The lowest BCUT2D eigenvalue weighted by atomic mass is 10.1. The fourth-order valence-electron chi connectivity index (χ4n) is 3.77. The third-order valence-electron chi connectivity index (χ3n) is 5.31. The van der Waals surface area contributed by atoms with Crippen molar-refractivity contribution in [3.63, 3.8) is 0 Å². The second kappa shape index (κ2) is 8.44. The summed E-state index contributed by atoms with van der Waals surface area (Å²) in [5.41, 5.74) is 1.50. The Hall–Kier alpha value is -1.31. The third-order valence-corrected chi connectivity index (χ3v) is 7.28. The molecule has 5 nitrogen and oxygen atoms in total. The fraction of sp³-hybridized carbons (Fsp3) is 0.300. The first-order valence-corrected chi connectivity index (χ1v) is 11.0. The van der Waals surface area contributed by atoms with Crippen LogP contribution in [0.25, 0.3) is 0 Å². The predicted octanol–water partition coefficient (Wildman–Crippen LogP) is 4.86. The van der Waals surface area contributed by atoms with Crippen LogP contribution in [0.2, 0.25) is 15.1 Å². The maximum absolute atomic E-state index is 13.0. The zero-order chi connectivity index (χ0) is 20.7. The average Bonchev–Trinajstić information content (AvgIpc) is 3.00. The lowest BCUT2D eigenvalue weighted by Crippen LogP contribution is -2.52. The van der Waals surface area contributed by atoms with Crippen LogP contribution in [-0.2, 0) is 9.59 Å². The molecule has 2 aliphatic heterocycles. The molecule has 0 saturated carbocycles. The van der Waals surface area contributed by atoms with E-state index in [9.17, 15) is 9.59 Å². The largest absolute Gasteiger partial charge is 0.369 e. The molecular formula is C20H17BrCl3N3O2. The topological polar surface area (TPSA) is 43.9 Å². The number of amides is 2. The fourth-order valence-corrected chi connectivity index (χ4v) is 4.48. The Morgan fingerprint density at radius 3 is 2.14 bits per heavy atom. The molecule has 0 unspecified atom stereocenters. The number of nitrogens with zero attached hydrogens (tertiary/aromatic N) is 3. The van der Waals surface area contributed by atoms with Gasteiger partial charge < -0.3 is 4.90 Å². The highest BCUT2D eigenvalue weighted by molar-refractivity contribution is 9.10. The van der Waals surface area contributed by atoms with Crippen LogP contribution in [0.3, 0.4) is 0 Å². The first-order valence-electron chi connectivity index (χ1n) is 9.11. The molecule has 9 heteroatoms. The normalized spacial score (nSPS) is 20.6. The minimum atomic E-state index is -0.444. The molecular weight excluding hydrogens is 501 g/mol. The number of halogens is 4. The maximum atomic E-state index is 13.0. The molecule has 0 aromatic heterocycles. The predicted molar refractivity (Wildman–Crippen MR) is 120 cm³/mol. The van der Waals surface area contributed by atoms with Gasteiger partial charge >= 0.3 is 0 Å². The molecule has 2 heterocycles. The summed E-state index contributed by atoms with van der Waals surface area (Å²) in [6, 6.07) is 10.2. The zero-order valence-electron chi connectivity index (χ0n) is 15.2. The summed E-state index contributed by atoms with van der Waals surface area (Å²) in [7, 11) is 0. The van der Waals surface area contributed by atoms with Crippen LogP contribution < -0.4 is 9.80 Å². The monoisotopic (exact) mass is 515 g/mol. The number of piperazine rings is 1. The molecule has 29 heavy (non-hydrogen) atoms. The Balaban J connectivity index is 1.45. The van der Waals surface area contributed by atoms with E-state index < -0.39 is 6.04 Å². The standard InChI is InChI=1S/C20H17BrCl3N3O2/c21-14-3-1-13(10-16(14)23)27-19(28)11-18(20(27)29)26-7-5-25(6-8-26)12-2-4-15(22)17(24)9-12/h1-4,9-10,18H,5-8,11H2/t18-/m1/s1. The van der Waals surface area contributed by atoms with Crippen LogP contribution >= 0.6 is 50.7 Å². The number of imide groups is 1. The number of benzene rings is 2. The van der Waals surface area contributed by atoms with Gasteiger partial charge in [-0.1, -0.05) is 34.8 Å². The summed E-state index contributed by atoms with van der Waals surface area (Å²) in [5.74, 6) is -0.401. The molecule has 1 atom stereocenters. The number of rotatable bonds is 3. The molecule has 0 N–H and O–H groups in total. The quantitative estimate of drug-likeness (QED) is 0.546. The van der Waals surface area contributed by atoms with Gasteiger partial charge in [0, 0.05) is 36.3 Å². The van der Waals surface area contributed by atoms with Crippen molar-refractivity contribution < 1.29 is 9.59 Å². The van der Waals surface area contributed by atoms with Crippen molar-refractivity contribution in [1.29, 1.82) is 0 Å². The van der Waals surface area contributed by atoms with Gasteiger partial charge in [0.25, 0.3) is 5.91 Å². The summed E-state index contributed by atoms with van der Waals surface area (Å²) in [6.07, 6.45) is 0.180. The summed E-state index contributed by atoms with van der Waals surface area (Å²) in [6.45, 7) is 2.83. The summed E-state index contributed by atoms with van der Waals surface area (Å²) in [4.78, 5) is 31.1. The molecule has 0 radical (unpaired) electrons. The third kappa shape index (κ3) is 4.14. The van der Waals surface area contributed by atoms with E-state index in [0.717, 1.165) is 23.2 Å². The van der Waals surface area contributed by atoms with Gasteiger partial charge in [-0.15, -0.1) is 0 Å². The highest BCUT2D eigenvalue weighted by atomic mass is 79.9. The van der Waals surface area contributed by atoms with Crippen molar-refractivity contribution in [1.82, 2.24) is 4.90 Å². The first kappa shape index (κ1) is 20.9. The minimum Gasteiger partial charge on any atom is -0.369 e. The molecule has 2 fully saturated rings. The van der Waals surface area contributed by atoms with Gasteiger partial charge in [-0.05, 0) is 52.3 Å². The molecule has 2 saturated heterocycles. The molecule has 2 amide bonds. The van der Waals surface area contributed by atoms with Crippen molar-refractivity contribution in [2.24, 2.45) is 0 Å². The summed E-state index contributed by atoms with van der Waals surface area (Å²) < 4.78 is 0.719. The molecule has 2 aromatic rings. The van der Waals surface area contributed by atoms with E-state index in [2.05, 4.69) is 25.7 Å². The molecule has 0 bridgehead atoms. The Morgan fingerprint density at radius 1 is 0.828 bits per heavy atom. The van der Waals surface area contributed by atoms with Gasteiger partial charge in [-0.3, -0.25) is 14.5 Å². The molecule has 0 aliphatic carbocycles. The lowest BCUT2D eigenvalue weighted by molar-refractivity contribution is -0.123. The van der Waals surface area contributed by atoms with Crippen LogP contribution in [0.5, 0.6) is 0 Å². The van der Waals surface area contributed by atoms with E-state index in [0.29, 0.717) is 33.8 Å². The van der Waals surface area contributed by atoms with Crippen LogP contribution in [0.15, 0.2) is 40.9 Å². The number of hydrogen-bond acceptors (Lipinski definition) is 4. The second-order valence-corrected chi connectivity index (χ2v) is 9.08. The smallest absolute Gasteiger partial charge is 0.251 e. The van der Waals surface area contributed by atoms with Crippen LogP contribution in [0.1, 0.15) is 6.42 Å². The van der Waals surface area contributed by atoms with E-state index >= 15 is 0 Å². The van der Waals surface area contributed by atoms with Gasteiger partial charge in [0.05, 0.1) is 33.2 Å². The number of carbonyl (C=O) groups is 2. The van der Waals surface area contributed by atoms with Gasteiger partial charge in [0.15, 0.2) is 0 Å². The Morgan fingerprint density at radius 2 is 1.48 bits per heavy atom. The summed E-state index contributed by atoms with van der Waals surface area (Å²) >= 11 is 21.6. The highest BCUT2D eigenvalue weighted by Gasteiger charge is 2.43. The van der Waals surface area contributed by atoms with Crippen LogP contribution in [0, 0.1) is 0 Å². The van der Waals surface area contributed by atoms with Crippen molar-refractivity contribution in [2.75, 3.05) is 36.0 Å². The van der Waals surface area contributed by atoms with E-state index in [1.165, 1.54) is 4.90 Å². The maximum Gasteiger partial charge on any atom is 0.251 e. The first-order chi connectivity index (χ1) is 13.8. The van der Waals surface area contributed by atoms with E-state index in [-0.39, 0.29) is 18.2 Å². The van der Waals surface area contributed by atoms with Crippen LogP contribution in [-0.4, -0.2) is 48.9 Å². The van der Waals surface area contributed by atoms with Crippen molar-refractivity contribution in [3.8, 4) is 0 Å². The molecule has 2 aromatic carbocycles. The van der Waals surface area contributed by atoms with E-state index in [1.807, 2.05) is 12.1 Å². The Kier molecular flexibility index (Phi) is 6.09. The number of carbonyl (C=O) groups excluding carboxylic acids is 2. The molecule has 0 spiro atoms. The summed E-state index contributed by atoms with van der Waals surface area (Å²) in [5, 5.41) is 1.51. The van der Waals surface area contributed by atoms with Gasteiger partial charge in [-0.25, -0.2) is 4.90 Å². The SMILES string of the molecule is O=C1C[C@@H](N2CCN(c3ccc(Cl)c(Cl)c3)CC2)C(=O)N1c1ccc(Br)c(Cl)c1. The highest BCUT2D eigenvalue weighted by Crippen LogP contribution is 2.32. The van der Waals surface area contributed by atoms with Crippen LogP contribution in [0.4, 0.5) is 11.4 Å². The van der Waals surface area contributed by atoms with Crippen molar-refractivity contribution in [3.05, 3.63) is 55.9 Å². The zero-order valence-corrected chi connectivity index (χ0v) is 19.1. The van der Waals surface area contributed by atoms with E-state index in [1.54, 1.807) is 24.3 Å². The van der Waals surface area contributed by atoms with Crippen molar-refractivity contribution >= 4 is 73.9 Å². The molecule has 2 aliphatic rings. The molecule has 4 rings (SSSR count). The second-order valence-electron chi connectivity index (χ2n) is 7.01. The van der Waals surface area contributed by atoms with Crippen molar-refractivity contribution in [2.45, 2.75) is 12.5 Å². The lowest BCUT2D eigenvalue weighted by Gasteiger charge is -2.38. The minimum absolute atomic E-state index is 0.180. The molecule has 152 valence electrons. The van der Waals surface area contributed by atoms with Gasteiger partial charge in [0.2, 0.25) is 5.91 Å². The van der Waals surface area contributed by atoms with Gasteiger partial charge in [0.1, 0.15) is 0 Å². The van der Waals surface area contributed by atoms with Gasteiger partial charge in [-0.2, -0.15) is 0 Å². The Bertz CT molecular complexity index is 979. The Labute approximate surface area is 192 Å². The van der Waals surface area contributed by atoms with E-state index in [4.69, 9.17) is 34.8 Å². The number of anilines is 2.